The molecule has 4 N–H and O–H groups in total. The fourth-order valence-electron chi connectivity index (χ4n) is 4.86. The minimum absolute atomic E-state index is 0.0608. The van der Waals surface area contributed by atoms with E-state index < -0.39 is 0 Å². The van der Waals surface area contributed by atoms with Crippen LogP contribution in [0.5, 0.6) is 0 Å². The van der Waals surface area contributed by atoms with E-state index in [-0.39, 0.29) is 35.5 Å². The molecular formula is C31H24N4O4. The van der Waals surface area contributed by atoms with Gasteiger partial charge < -0.3 is 20.6 Å². The molecule has 4 aromatic carbocycles. The molecule has 8 heteroatoms. The van der Waals surface area contributed by atoms with Crippen LogP contribution in [0.15, 0.2) is 94.5 Å². The summed E-state index contributed by atoms with van der Waals surface area (Å²) in [5.41, 5.74) is 3.76. The van der Waals surface area contributed by atoms with Gasteiger partial charge in [0.2, 0.25) is 11.8 Å². The van der Waals surface area contributed by atoms with Crippen LogP contribution in [0.2, 0.25) is 0 Å². The SMILES string of the molecule is O=C(CCCC(=O)Nc1ccc2c(=O)c3ccccc3[nH]c2c1)Nc1ccc2c(=O)c3ccccc3[nH]c2c1. The second-order valence-corrected chi connectivity index (χ2v) is 9.47. The van der Waals surface area contributed by atoms with Gasteiger partial charge in [-0.2, -0.15) is 0 Å². The number of H-pyrrole nitrogens is 2. The largest absolute Gasteiger partial charge is 0.354 e. The first-order valence-corrected chi connectivity index (χ1v) is 12.7. The van der Waals surface area contributed by atoms with E-state index in [1.54, 1.807) is 48.5 Å². The number of amides is 2. The van der Waals surface area contributed by atoms with Crippen molar-refractivity contribution in [2.45, 2.75) is 19.3 Å². The molecule has 0 fully saturated rings. The van der Waals surface area contributed by atoms with E-state index in [2.05, 4.69) is 20.6 Å². The van der Waals surface area contributed by atoms with E-state index in [1.807, 2.05) is 36.4 Å². The third kappa shape index (κ3) is 4.75. The van der Waals surface area contributed by atoms with Crippen molar-refractivity contribution in [3.63, 3.8) is 0 Å². The Hall–Kier alpha value is -5.24. The fraction of sp³-hybridized carbons (Fsp3) is 0.0968. The lowest BCUT2D eigenvalue weighted by Crippen LogP contribution is -2.15. The maximum atomic E-state index is 12.7. The van der Waals surface area contributed by atoms with Crippen LogP contribution in [0.1, 0.15) is 19.3 Å². The summed E-state index contributed by atoms with van der Waals surface area (Å²) in [6, 6.07) is 24.9. The van der Waals surface area contributed by atoms with Crippen molar-refractivity contribution < 1.29 is 9.59 Å². The van der Waals surface area contributed by atoms with Gasteiger partial charge in [0.05, 0.1) is 11.0 Å². The third-order valence-electron chi connectivity index (χ3n) is 6.79. The number of benzene rings is 4. The summed E-state index contributed by atoms with van der Waals surface area (Å²) in [5.74, 6) is -0.444. The average Bonchev–Trinajstić information content (AvgIpc) is 2.93. The number of pyridine rings is 2. The second-order valence-electron chi connectivity index (χ2n) is 9.47. The molecule has 0 saturated carbocycles. The summed E-state index contributed by atoms with van der Waals surface area (Å²) in [6.45, 7) is 0. The van der Waals surface area contributed by atoms with Gasteiger partial charge in [0.1, 0.15) is 0 Å². The molecule has 2 aromatic heterocycles. The monoisotopic (exact) mass is 516 g/mol. The van der Waals surface area contributed by atoms with Gasteiger partial charge in [0, 0.05) is 56.8 Å². The highest BCUT2D eigenvalue weighted by atomic mass is 16.2. The van der Waals surface area contributed by atoms with Crippen LogP contribution in [0.25, 0.3) is 43.6 Å². The number of rotatable bonds is 6. The van der Waals surface area contributed by atoms with E-state index in [0.29, 0.717) is 50.4 Å². The first-order chi connectivity index (χ1) is 19.0. The minimum Gasteiger partial charge on any atom is -0.354 e. The summed E-state index contributed by atoms with van der Waals surface area (Å²) in [7, 11) is 0. The van der Waals surface area contributed by atoms with Crippen molar-refractivity contribution in [3.8, 4) is 0 Å². The number of aromatic nitrogens is 2. The average molecular weight is 517 g/mol. The minimum atomic E-state index is -0.222. The Kier molecular flexibility index (Phi) is 6.13. The van der Waals surface area contributed by atoms with Crippen molar-refractivity contribution in [1.29, 1.82) is 0 Å². The number of carbonyl (C=O) groups excluding carboxylic acids is 2. The smallest absolute Gasteiger partial charge is 0.224 e. The highest BCUT2D eigenvalue weighted by Gasteiger charge is 2.11. The number of anilines is 2. The van der Waals surface area contributed by atoms with Gasteiger partial charge in [0.15, 0.2) is 10.9 Å². The molecule has 0 bridgehead atoms. The summed E-state index contributed by atoms with van der Waals surface area (Å²) in [4.78, 5) is 57.0. The summed E-state index contributed by atoms with van der Waals surface area (Å²) in [6.07, 6.45) is 0.690. The highest BCUT2D eigenvalue weighted by Crippen LogP contribution is 2.20. The Labute approximate surface area is 221 Å². The Morgan fingerprint density at radius 1 is 0.538 bits per heavy atom. The van der Waals surface area contributed by atoms with E-state index in [1.165, 1.54) is 0 Å². The fourth-order valence-corrected chi connectivity index (χ4v) is 4.86. The van der Waals surface area contributed by atoms with E-state index in [9.17, 15) is 19.2 Å². The topological polar surface area (TPSA) is 124 Å². The van der Waals surface area contributed by atoms with Crippen LogP contribution in [-0.2, 0) is 9.59 Å². The second kappa shape index (κ2) is 9.90. The van der Waals surface area contributed by atoms with Crippen LogP contribution < -0.4 is 21.5 Å². The number of aromatic amines is 2. The molecule has 2 heterocycles. The maximum absolute atomic E-state index is 12.7. The third-order valence-corrected chi connectivity index (χ3v) is 6.79. The molecule has 0 unspecified atom stereocenters. The van der Waals surface area contributed by atoms with Crippen LogP contribution in [-0.4, -0.2) is 21.8 Å². The molecule has 6 aromatic rings. The van der Waals surface area contributed by atoms with Gasteiger partial charge >= 0.3 is 0 Å². The molecule has 0 saturated heterocycles. The Morgan fingerprint density at radius 3 is 1.41 bits per heavy atom. The number of hydrogen-bond acceptors (Lipinski definition) is 4. The zero-order chi connectivity index (χ0) is 26.9. The molecular weight excluding hydrogens is 492 g/mol. The predicted molar refractivity (Wildman–Crippen MR) is 155 cm³/mol. The maximum Gasteiger partial charge on any atom is 0.224 e. The summed E-state index contributed by atoms with van der Waals surface area (Å²) in [5, 5.41) is 8.01. The van der Waals surface area contributed by atoms with E-state index >= 15 is 0 Å². The van der Waals surface area contributed by atoms with Gasteiger partial charge in [-0.25, -0.2) is 0 Å². The number of para-hydroxylation sites is 2. The first kappa shape index (κ1) is 24.1. The van der Waals surface area contributed by atoms with Crippen molar-refractivity contribution in [2.24, 2.45) is 0 Å². The van der Waals surface area contributed by atoms with Crippen molar-refractivity contribution >= 4 is 66.8 Å². The van der Waals surface area contributed by atoms with Crippen LogP contribution in [0.4, 0.5) is 11.4 Å². The van der Waals surface area contributed by atoms with Crippen molar-refractivity contribution in [3.05, 3.63) is 105 Å². The van der Waals surface area contributed by atoms with Gasteiger partial charge in [-0.3, -0.25) is 19.2 Å². The van der Waals surface area contributed by atoms with Gasteiger partial charge in [-0.05, 0) is 67.1 Å². The Bertz CT molecular complexity index is 1890. The predicted octanol–water partition coefficient (Wildman–Crippen LogP) is 5.42. The number of carbonyl (C=O) groups is 2. The molecule has 8 nitrogen and oxygen atoms in total. The molecule has 0 aliphatic carbocycles. The Balaban J connectivity index is 1.07. The Morgan fingerprint density at radius 2 is 0.949 bits per heavy atom. The molecule has 6 rings (SSSR count). The number of hydrogen-bond donors (Lipinski definition) is 4. The zero-order valence-electron chi connectivity index (χ0n) is 20.8. The van der Waals surface area contributed by atoms with E-state index in [4.69, 9.17) is 0 Å². The molecule has 2 amide bonds. The number of nitrogens with one attached hydrogen (secondary N) is 4. The molecule has 0 atom stereocenters. The lowest BCUT2D eigenvalue weighted by Gasteiger charge is -2.09. The molecule has 39 heavy (non-hydrogen) atoms. The summed E-state index contributed by atoms with van der Waals surface area (Å²) >= 11 is 0. The van der Waals surface area contributed by atoms with Crippen LogP contribution in [0, 0.1) is 0 Å². The van der Waals surface area contributed by atoms with Gasteiger partial charge in [0.25, 0.3) is 0 Å². The normalized spacial score (nSPS) is 11.3. The standard InChI is InChI=1S/C31H24N4O4/c36-28(32-18-12-14-22-26(16-18)34-24-8-3-1-6-20(24)30(22)38)10-5-11-29(37)33-19-13-15-23-27(17-19)35-25-9-4-2-7-21(25)31(23)39/h1-4,6-9,12-17H,5,10-11H2,(H,32,36)(H,33,37)(H,34,38)(H,35,39). The first-order valence-electron chi connectivity index (χ1n) is 12.7. The van der Waals surface area contributed by atoms with Crippen molar-refractivity contribution in [2.75, 3.05) is 10.6 Å². The van der Waals surface area contributed by atoms with E-state index in [0.717, 1.165) is 11.0 Å². The molecule has 0 aliphatic rings. The van der Waals surface area contributed by atoms with Crippen molar-refractivity contribution in [1.82, 2.24) is 9.97 Å². The van der Waals surface area contributed by atoms with Crippen LogP contribution in [0.3, 0.4) is 0 Å². The lowest BCUT2D eigenvalue weighted by molar-refractivity contribution is -0.117. The van der Waals surface area contributed by atoms with Gasteiger partial charge in [-0.15, -0.1) is 0 Å². The molecule has 192 valence electrons. The quantitative estimate of drug-likeness (QED) is 0.221. The lowest BCUT2D eigenvalue weighted by atomic mass is 10.1. The molecule has 0 radical (unpaired) electrons. The highest BCUT2D eigenvalue weighted by molar-refractivity contribution is 5.98. The molecule has 0 aliphatic heterocycles. The van der Waals surface area contributed by atoms with Crippen LogP contribution >= 0.6 is 0 Å². The summed E-state index contributed by atoms with van der Waals surface area (Å²) < 4.78 is 0. The molecule has 0 spiro atoms. The number of fused-ring (bicyclic) bond motifs is 4. The zero-order valence-corrected chi connectivity index (χ0v) is 20.8. The van der Waals surface area contributed by atoms with Gasteiger partial charge in [-0.1, -0.05) is 24.3 Å².